The van der Waals surface area contributed by atoms with Crippen molar-refractivity contribution in [3.8, 4) is 23.0 Å². The summed E-state index contributed by atoms with van der Waals surface area (Å²) in [6.07, 6.45) is 3.31. The van der Waals surface area contributed by atoms with Crippen molar-refractivity contribution in [3.05, 3.63) is 76.5 Å². The van der Waals surface area contributed by atoms with Crippen molar-refractivity contribution in [2.45, 2.75) is 6.92 Å². The molecule has 0 atom stereocenters. The Labute approximate surface area is 218 Å². The Balaban J connectivity index is 1.43. The molecule has 1 aliphatic rings. The molecule has 4 aromatic rings. The third-order valence-corrected chi connectivity index (χ3v) is 6.45. The average molecular weight is 515 g/mol. The largest absolute Gasteiger partial charge is 0.467 e. The number of hydrogen-bond acceptors (Lipinski definition) is 7. The average Bonchev–Trinajstić information content (AvgIpc) is 3.46. The number of hydrogen-bond donors (Lipinski definition) is 1. The van der Waals surface area contributed by atoms with Crippen LogP contribution in [-0.4, -0.2) is 63.5 Å². The zero-order chi connectivity index (χ0) is 27.0. The fraction of sp³-hybridized carbons (Fsp3) is 0.231. The van der Waals surface area contributed by atoms with Gasteiger partial charge in [-0.15, -0.1) is 5.10 Å². The van der Waals surface area contributed by atoms with Gasteiger partial charge in [0.2, 0.25) is 0 Å². The molecule has 38 heavy (non-hydrogen) atoms. The van der Waals surface area contributed by atoms with Crippen LogP contribution in [0.1, 0.15) is 15.9 Å². The van der Waals surface area contributed by atoms with Crippen LogP contribution in [0.4, 0.5) is 16.3 Å². The number of nitrogens with zero attached hydrogens (tertiary/aromatic N) is 7. The lowest BCUT2D eigenvalue weighted by Gasteiger charge is -2.21. The molecule has 0 unspecified atom stereocenters. The van der Waals surface area contributed by atoms with E-state index in [0.29, 0.717) is 36.0 Å². The molecule has 0 radical (unpaired) electrons. The van der Waals surface area contributed by atoms with Crippen molar-refractivity contribution in [2.24, 2.45) is 7.05 Å². The number of urea groups is 1. The van der Waals surface area contributed by atoms with Gasteiger partial charge in [-0.3, -0.25) is 14.6 Å². The summed E-state index contributed by atoms with van der Waals surface area (Å²) in [6, 6.07) is 12.3. The first-order valence-electron chi connectivity index (χ1n) is 11.9. The zero-order valence-electron chi connectivity index (χ0n) is 21.4. The number of benzene rings is 1. The van der Waals surface area contributed by atoms with Gasteiger partial charge in [-0.05, 0) is 54.4 Å². The molecule has 1 fully saturated rings. The maximum atomic E-state index is 13.4. The van der Waals surface area contributed by atoms with E-state index in [1.54, 1.807) is 59.6 Å². The summed E-state index contributed by atoms with van der Waals surface area (Å²) >= 11 is 0. The molecule has 0 aliphatic carbocycles. The summed E-state index contributed by atoms with van der Waals surface area (Å²) in [5.74, 6) is 0.707. The van der Waals surface area contributed by atoms with Crippen LogP contribution in [-0.2, 0) is 7.05 Å². The van der Waals surface area contributed by atoms with Crippen molar-refractivity contribution >= 4 is 23.4 Å². The van der Waals surface area contributed by atoms with E-state index >= 15 is 0 Å². The number of aromatic nitrogens is 5. The Morgan fingerprint density at radius 2 is 1.84 bits per heavy atom. The number of ether oxygens (including phenoxy) is 1. The maximum Gasteiger partial charge on any atom is 0.354 e. The van der Waals surface area contributed by atoms with Gasteiger partial charge in [-0.1, -0.05) is 6.07 Å². The van der Waals surface area contributed by atoms with E-state index in [2.05, 4.69) is 20.4 Å². The molecule has 5 rings (SSSR count). The number of methoxy groups -OCH3 is 1. The predicted octanol–water partition coefficient (Wildman–Crippen LogP) is 2.15. The Morgan fingerprint density at radius 3 is 2.55 bits per heavy atom. The number of carbonyl (C=O) groups excluding carboxylic acids is 2. The second kappa shape index (κ2) is 9.81. The van der Waals surface area contributed by atoms with Crippen molar-refractivity contribution in [1.29, 1.82) is 0 Å². The molecular formula is C26H26N8O4. The van der Waals surface area contributed by atoms with Crippen LogP contribution in [0.5, 0.6) is 6.01 Å². The number of aryl methyl sites for hydroxylation is 1. The van der Waals surface area contributed by atoms with Gasteiger partial charge in [0.15, 0.2) is 0 Å². The van der Waals surface area contributed by atoms with Gasteiger partial charge in [0.25, 0.3) is 5.91 Å². The van der Waals surface area contributed by atoms with Crippen LogP contribution in [0.2, 0.25) is 0 Å². The van der Waals surface area contributed by atoms with Gasteiger partial charge in [0.05, 0.1) is 7.11 Å². The Bertz CT molecular complexity index is 1590. The minimum atomic E-state index is -0.373. The molecule has 12 heteroatoms. The second-order valence-electron chi connectivity index (χ2n) is 8.66. The van der Waals surface area contributed by atoms with E-state index in [9.17, 15) is 14.4 Å². The number of rotatable bonds is 6. The lowest BCUT2D eigenvalue weighted by atomic mass is 10.0. The van der Waals surface area contributed by atoms with Crippen molar-refractivity contribution < 1.29 is 14.3 Å². The summed E-state index contributed by atoms with van der Waals surface area (Å²) in [6.45, 7) is 2.81. The molecule has 1 aliphatic heterocycles. The number of pyridine rings is 2. The molecule has 1 aromatic carbocycles. The minimum Gasteiger partial charge on any atom is -0.467 e. The minimum absolute atomic E-state index is 0.137. The lowest BCUT2D eigenvalue weighted by Crippen LogP contribution is -2.33. The highest BCUT2D eigenvalue weighted by Crippen LogP contribution is 2.32. The third-order valence-electron chi connectivity index (χ3n) is 6.45. The standard InChI is InChI=1S/C26H26N8O4/c1-16-20(18-8-9-21(29-15-18)34-24(38-4)30-31(3)25(34)36)10-11-28-22(16)33-13-12-32(26(33)37)19-7-5-6-17(14-19)23(35)27-2/h5-11,14-15H,12-13H2,1-4H3,(H,27,35). The molecule has 12 nitrogen and oxygen atoms in total. The van der Waals surface area contributed by atoms with Crippen molar-refractivity contribution in [3.63, 3.8) is 0 Å². The molecule has 1 N–H and O–H groups in total. The fourth-order valence-electron chi connectivity index (χ4n) is 4.49. The van der Waals surface area contributed by atoms with Crippen LogP contribution < -0.4 is 25.5 Å². The Hall–Kier alpha value is -5.00. The summed E-state index contributed by atoms with van der Waals surface area (Å²) < 4.78 is 7.67. The number of anilines is 2. The highest BCUT2D eigenvalue weighted by atomic mass is 16.5. The molecule has 4 heterocycles. The molecule has 1 saturated heterocycles. The molecular weight excluding hydrogens is 488 g/mol. The van der Waals surface area contributed by atoms with E-state index in [1.165, 1.54) is 23.4 Å². The molecule has 194 valence electrons. The number of amides is 3. The highest BCUT2D eigenvalue weighted by molar-refractivity contribution is 6.07. The van der Waals surface area contributed by atoms with Gasteiger partial charge < -0.3 is 10.1 Å². The fourth-order valence-corrected chi connectivity index (χ4v) is 4.49. The maximum absolute atomic E-state index is 13.4. The highest BCUT2D eigenvalue weighted by Gasteiger charge is 2.33. The molecule has 0 spiro atoms. The van der Waals surface area contributed by atoms with Crippen LogP contribution in [0, 0.1) is 6.92 Å². The SMILES string of the molecule is CNC(=O)c1cccc(N2CCN(c3nccc(-c4ccc(-n5c(OC)nn(C)c5=O)nc4)c3C)C2=O)c1. The van der Waals surface area contributed by atoms with Crippen LogP contribution in [0.3, 0.4) is 0 Å². The van der Waals surface area contributed by atoms with E-state index < -0.39 is 0 Å². The van der Waals surface area contributed by atoms with Crippen LogP contribution in [0.15, 0.2) is 59.7 Å². The quantitative estimate of drug-likeness (QED) is 0.418. The predicted molar refractivity (Wildman–Crippen MR) is 141 cm³/mol. The summed E-state index contributed by atoms with van der Waals surface area (Å²) in [7, 11) is 4.54. The zero-order valence-corrected chi connectivity index (χ0v) is 21.4. The van der Waals surface area contributed by atoms with Gasteiger partial charge >= 0.3 is 17.7 Å². The third kappa shape index (κ3) is 4.15. The molecule has 3 amide bonds. The Morgan fingerprint density at radius 1 is 1.05 bits per heavy atom. The van der Waals surface area contributed by atoms with Gasteiger partial charge in [0, 0.05) is 56.4 Å². The molecule has 0 saturated carbocycles. The summed E-state index contributed by atoms with van der Waals surface area (Å²) in [4.78, 5) is 50.1. The Kier molecular flexibility index (Phi) is 6.37. The number of carbonyl (C=O) groups is 2. The van der Waals surface area contributed by atoms with E-state index in [4.69, 9.17) is 4.74 Å². The summed E-state index contributed by atoms with van der Waals surface area (Å²) in [5.41, 5.74) is 3.22. The first-order chi connectivity index (χ1) is 18.3. The van der Waals surface area contributed by atoms with Crippen molar-refractivity contribution in [1.82, 2.24) is 29.6 Å². The van der Waals surface area contributed by atoms with Crippen molar-refractivity contribution in [2.75, 3.05) is 37.0 Å². The lowest BCUT2D eigenvalue weighted by molar-refractivity contribution is 0.0963. The van der Waals surface area contributed by atoms with Crippen LogP contribution in [0.25, 0.3) is 16.9 Å². The second-order valence-corrected chi connectivity index (χ2v) is 8.66. The van der Waals surface area contributed by atoms with E-state index in [1.807, 2.05) is 19.1 Å². The monoisotopic (exact) mass is 514 g/mol. The molecule has 3 aromatic heterocycles. The first-order valence-corrected chi connectivity index (χ1v) is 11.9. The number of nitrogens with one attached hydrogen (secondary N) is 1. The summed E-state index contributed by atoms with van der Waals surface area (Å²) in [5, 5.41) is 6.64. The van der Waals surface area contributed by atoms with Crippen LogP contribution >= 0.6 is 0 Å². The smallest absolute Gasteiger partial charge is 0.354 e. The van der Waals surface area contributed by atoms with E-state index in [-0.39, 0.29) is 23.6 Å². The van der Waals surface area contributed by atoms with Gasteiger partial charge in [0.1, 0.15) is 11.6 Å². The van der Waals surface area contributed by atoms with Gasteiger partial charge in [-0.2, -0.15) is 4.57 Å². The normalized spacial score (nSPS) is 13.2. The van der Waals surface area contributed by atoms with E-state index in [0.717, 1.165) is 16.7 Å². The molecule has 0 bridgehead atoms. The van der Waals surface area contributed by atoms with Gasteiger partial charge in [-0.25, -0.2) is 24.2 Å². The topological polar surface area (TPSA) is 127 Å². The first kappa shape index (κ1) is 24.7.